The second-order valence-corrected chi connectivity index (χ2v) is 5.07. The molecule has 2 aromatic rings. The van der Waals surface area contributed by atoms with Gasteiger partial charge in [-0.05, 0) is 25.1 Å². The Bertz CT molecular complexity index is 667. The number of nitrogens with two attached hydrogens (primary N) is 1. The summed E-state index contributed by atoms with van der Waals surface area (Å²) in [4.78, 5) is 26.1. The molecule has 2 rings (SSSR count). The Morgan fingerprint density at radius 3 is 2.85 bits per heavy atom. The van der Waals surface area contributed by atoms with Crippen molar-refractivity contribution in [2.75, 3.05) is 5.75 Å². The van der Waals surface area contributed by atoms with Crippen molar-refractivity contribution in [1.82, 2.24) is 9.55 Å². The molecule has 0 bridgehead atoms. The number of rotatable bonds is 5. The van der Waals surface area contributed by atoms with Crippen molar-refractivity contribution in [3.05, 3.63) is 41.7 Å². The maximum absolute atomic E-state index is 11.2. The summed E-state index contributed by atoms with van der Waals surface area (Å²) in [6.45, 7) is 1.82. The topological polar surface area (TPSA) is 98.2 Å². The van der Waals surface area contributed by atoms with Crippen LogP contribution in [0.1, 0.15) is 16.1 Å². The molecule has 0 aliphatic carbocycles. The summed E-state index contributed by atoms with van der Waals surface area (Å²) in [7, 11) is 0. The molecule has 7 heteroatoms. The number of carboxylic acid groups (broad SMARTS) is 1. The number of nitrogens with zero attached hydrogens (tertiary/aromatic N) is 2. The number of benzene rings is 1. The molecule has 0 spiro atoms. The maximum atomic E-state index is 11.2. The van der Waals surface area contributed by atoms with Gasteiger partial charge < -0.3 is 10.8 Å². The van der Waals surface area contributed by atoms with E-state index < -0.39 is 11.9 Å². The summed E-state index contributed by atoms with van der Waals surface area (Å²) < 4.78 is 1.75. The molecule has 0 fully saturated rings. The Balaban J connectivity index is 2.39. The highest BCUT2D eigenvalue weighted by Crippen LogP contribution is 2.22. The number of hydrogen-bond acceptors (Lipinski definition) is 4. The maximum Gasteiger partial charge on any atom is 0.313 e. The summed E-state index contributed by atoms with van der Waals surface area (Å²) in [6, 6.07) is 6.79. The molecule has 20 heavy (non-hydrogen) atoms. The van der Waals surface area contributed by atoms with Crippen molar-refractivity contribution in [2.24, 2.45) is 5.73 Å². The van der Waals surface area contributed by atoms with E-state index in [0.29, 0.717) is 10.7 Å². The van der Waals surface area contributed by atoms with Crippen LogP contribution < -0.4 is 5.73 Å². The summed E-state index contributed by atoms with van der Waals surface area (Å²) in [5.41, 5.74) is 7.13. The van der Waals surface area contributed by atoms with E-state index in [9.17, 15) is 9.59 Å². The first-order chi connectivity index (χ1) is 9.47. The Hall–Kier alpha value is -2.28. The van der Waals surface area contributed by atoms with E-state index in [2.05, 4.69) is 4.98 Å². The first-order valence-electron chi connectivity index (χ1n) is 5.78. The van der Waals surface area contributed by atoms with Crippen molar-refractivity contribution < 1.29 is 14.7 Å². The quantitative estimate of drug-likeness (QED) is 0.813. The third kappa shape index (κ3) is 3.18. The number of carbonyl (C=O) groups is 2. The van der Waals surface area contributed by atoms with E-state index in [4.69, 9.17) is 10.8 Å². The molecular formula is C13H13N3O3S. The van der Waals surface area contributed by atoms with E-state index in [1.54, 1.807) is 35.0 Å². The third-order valence-electron chi connectivity index (χ3n) is 2.53. The minimum absolute atomic E-state index is 0.0774. The van der Waals surface area contributed by atoms with Crippen molar-refractivity contribution in [3.8, 4) is 5.69 Å². The zero-order chi connectivity index (χ0) is 14.7. The number of amides is 1. The molecule has 104 valence electrons. The lowest BCUT2D eigenvalue weighted by Gasteiger charge is -2.07. The smallest absolute Gasteiger partial charge is 0.313 e. The Morgan fingerprint density at radius 2 is 2.20 bits per heavy atom. The first-order valence-corrected chi connectivity index (χ1v) is 6.77. The number of imidazole rings is 1. The van der Waals surface area contributed by atoms with Crippen molar-refractivity contribution >= 4 is 23.6 Å². The molecule has 0 unspecified atom stereocenters. The van der Waals surface area contributed by atoms with Crippen LogP contribution in [-0.2, 0) is 4.79 Å². The zero-order valence-electron chi connectivity index (χ0n) is 10.7. The number of carboxylic acids is 1. The number of primary amides is 1. The van der Waals surface area contributed by atoms with Crippen molar-refractivity contribution in [2.45, 2.75) is 12.1 Å². The minimum atomic E-state index is -0.909. The number of aryl methyl sites for hydroxylation is 1. The van der Waals surface area contributed by atoms with Gasteiger partial charge in [0.05, 0.1) is 11.4 Å². The molecular weight excluding hydrogens is 278 g/mol. The summed E-state index contributed by atoms with van der Waals surface area (Å²) >= 11 is 1.12. The van der Waals surface area contributed by atoms with E-state index in [0.717, 1.165) is 23.1 Å². The minimum Gasteiger partial charge on any atom is -0.481 e. The van der Waals surface area contributed by atoms with E-state index in [-0.39, 0.29) is 5.75 Å². The van der Waals surface area contributed by atoms with Crippen LogP contribution in [0.4, 0.5) is 0 Å². The first kappa shape index (κ1) is 14.1. The fourth-order valence-electron chi connectivity index (χ4n) is 1.70. The Labute approximate surface area is 119 Å². The molecule has 0 atom stereocenters. The highest BCUT2D eigenvalue weighted by Gasteiger charge is 2.11. The second kappa shape index (κ2) is 5.79. The average molecular weight is 291 g/mol. The molecule has 1 amide bonds. The monoisotopic (exact) mass is 291 g/mol. The van der Waals surface area contributed by atoms with Crippen LogP contribution in [0.5, 0.6) is 0 Å². The second-order valence-electron chi connectivity index (χ2n) is 4.13. The van der Waals surface area contributed by atoms with Gasteiger partial charge in [-0.1, -0.05) is 17.8 Å². The van der Waals surface area contributed by atoms with Crippen molar-refractivity contribution in [1.29, 1.82) is 0 Å². The van der Waals surface area contributed by atoms with E-state index >= 15 is 0 Å². The standard InChI is InChI=1S/C13H13N3O3S/c1-8-6-16(13(15-8)20-7-11(17)18)10-4-2-3-9(5-10)12(14)19/h2-6H,7H2,1H3,(H2,14,19)(H,17,18). The molecule has 6 nitrogen and oxygen atoms in total. The number of aromatic nitrogens is 2. The molecule has 0 saturated carbocycles. The van der Waals surface area contributed by atoms with Crippen LogP contribution in [0.3, 0.4) is 0 Å². The van der Waals surface area contributed by atoms with Crippen LogP contribution in [0.15, 0.2) is 35.6 Å². The molecule has 1 aromatic heterocycles. The molecule has 3 N–H and O–H groups in total. The number of carbonyl (C=O) groups excluding carboxylic acids is 1. The fraction of sp³-hybridized carbons (Fsp3) is 0.154. The van der Waals surface area contributed by atoms with Gasteiger partial charge in [-0.3, -0.25) is 14.2 Å². The Kier molecular flexibility index (Phi) is 4.09. The molecule has 1 heterocycles. The van der Waals surface area contributed by atoms with Crippen LogP contribution in [0.25, 0.3) is 5.69 Å². The van der Waals surface area contributed by atoms with E-state index in [1.165, 1.54) is 0 Å². The largest absolute Gasteiger partial charge is 0.481 e. The lowest BCUT2D eigenvalue weighted by atomic mass is 10.2. The number of hydrogen-bond donors (Lipinski definition) is 2. The normalized spacial score (nSPS) is 10.4. The lowest BCUT2D eigenvalue weighted by molar-refractivity contribution is -0.133. The SMILES string of the molecule is Cc1cn(-c2cccc(C(N)=O)c2)c(SCC(=O)O)n1. The van der Waals surface area contributed by atoms with Crippen LogP contribution in [0.2, 0.25) is 0 Å². The van der Waals surface area contributed by atoms with Crippen molar-refractivity contribution in [3.63, 3.8) is 0 Å². The average Bonchev–Trinajstić information content (AvgIpc) is 2.77. The van der Waals surface area contributed by atoms with Gasteiger partial charge in [0, 0.05) is 17.4 Å². The third-order valence-corrected chi connectivity index (χ3v) is 3.47. The lowest BCUT2D eigenvalue weighted by Crippen LogP contribution is -2.11. The molecule has 0 radical (unpaired) electrons. The molecule has 0 saturated heterocycles. The summed E-state index contributed by atoms with van der Waals surface area (Å²) in [6.07, 6.45) is 1.78. The summed E-state index contributed by atoms with van der Waals surface area (Å²) in [5.74, 6) is -1.50. The van der Waals surface area contributed by atoms with Gasteiger partial charge in [-0.15, -0.1) is 0 Å². The van der Waals surface area contributed by atoms with Crippen LogP contribution in [0, 0.1) is 6.92 Å². The van der Waals surface area contributed by atoms with Gasteiger partial charge in [0.25, 0.3) is 0 Å². The molecule has 0 aliphatic rings. The van der Waals surface area contributed by atoms with Gasteiger partial charge in [0.1, 0.15) is 0 Å². The zero-order valence-corrected chi connectivity index (χ0v) is 11.6. The summed E-state index contributed by atoms with van der Waals surface area (Å²) in [5, 5.41) is 9.30. The number of aliphatic carboxylic acids is 1. The van der Waals surface area contributed by atoms with Gasteiger partial charge in [-0.25, -0.2) is 4.98 Å². The highest BCUT2D eigenvalue weighted by molar-refractivity contribution is 7.99. The van der Waals surface area contributed by atoms with Gasteiger partial charge in [-0.2, -0.15) is 0 Å². The predicted molar refractivity (Wildman–Crippen MR) is 75.2 cm³/mol. The fourth-order valence-corrected chi connectivity index (χ4v) is 2.46. The van der Waals surface area contributed by atoms with Gasteiger partial charge >= 0.3 is 5.97 Å². The van der Waals surface area contributed by atoms with Gasteiger partial charge in [0.2, 0.25) is 5.91 Å². The van der Waals surface area contributed by atoms with Crippen LogP contribution in [-0.4, -0.2) is 32.3 Å². The predicted octanol–water partition coefficient (Wildman–Crippen LogP) is 1.46. The van der Waals surface area contributed by atoms with E-state index in [1.807, 2.05) is 6.92 Å². The molecule has 1 aromatic carbocycles. The Morgan fingerprint density at radius 1 is 1.45 bits per heavy atom. The van der Waals surface area contributed by atoms with Crippen LogP contribution >= 0.6 is 11.8 Å². The highest BCUT2D eigenvalue weighted by atomic mass is 32.2. The van der Waals surface area contributed by atoms with Gasteiger partial charge in [0.15, 0.2) is 5.16 Å². The molecule has 0 aliphatic heterocycles. The number of thioether (sulfide) groups is 1.